The van der Waals surface area contributed by atoms with Crippen LogP contribution in [0.15, 0.2) is 0 Å². The molecule has 13 heavy (non-hydrogen) atoms. The average molecular weight is 204 g/mol. The summed E-state index contributed by atoms with van der Waals surface area (Å²) in [6.45, 7) is 6.27. The van der Waals surface area contributed by atoms with Gasteiger partial charge in [-0.3, -0.25) is 0 Å². The van der Waals surface area contributed by atoms with Crippen molar-refractivity contribution >= 4 is 11.8 Å². The van der Waals surface area contributed by atoms with E-state index in [1.54, 1.807) is 0 Å². The van der Waals surface area contributed by atoms with Crippen LogP contribution in [0.3, 0.4) is 0 Å². The SMILES string of the molecule is CCC(C)CSCC1(CO)COC1. The first-order chi connectivity index (χ1) is 6.22. The molecule has 1 N–H and O–H groups in total. The van der Waals surface area contributed by atoms with Crippen molar-refractivity contribution in [3.8, 4) is 0 Å². The molecule has 1 aliphatic rings. The molecule has 1 saturated heterocycles. The Balaban J connectivity index is 2.10. The van der Waals surface area contributed by atoms with E-state index >= 15 is 0 Å². The minimum absolute atomic E-state index is 0.0954. The Kier molecular flexibility index (Phi) is 4.56. The predicted octanol–water partition coefficient (Wildman–Crippen LogP) is 1.77. The van der Waals surface area contributed by atoms with Crippen molar-refractivity contribution < 1.29 is 9.84 Å². The molecule has 0 amide bonds. The van der Waals surface area contributed by atoms with Gasteiger partial charge in [-0.2, -0.15) is 11.8 Å². The van der Waals surface area contributed by atoms with Crippen molar-refractivity contribution in [1.82, 2.24) is 0 Å². The van der Waals surface area contributed by atoms with Gasteiger partial charge in [-0.1, -0.05) is 20.3 Å². The fourth-order valence-electron chi connectivity index (χ4n) is 1.21. The summed E-state index contributed by atoms with van der Waals surface area (Å²) in [5, 5.41) is 9.17. The molecule has 0 aromatic rings. The molecule has 1 heterocycles. The van der Waals surface area contributed by atoms with Crippen LogP contribution in [-0.4, -0.2) is 36.4 Å². The highest BCUT2D eigenvalue weighted by Crippen LogP contribution is 2.31. The largest absolute Gasteiger partial charge is 0.396 e. The van der Waals surface area contributed by atoms with Gasteiger partial charge >= 0.3 is 0 Å². The number of aliphatic hydroxyl groups excluding tert-OH is 1. The zero-order chi connectivity index (χ0) is 9.73. The topological polar surface area (TPSA) is 29.5 Å². The van der Waals surface area contributed by atoms with Crippen molar-refractivity contribution in [2.75, 3.05) is 31.3 Å². The molecule has 2 nitrogen and oxygen atoms in total. The second kappa shape index (κ2) is 5.23. The second-order valence-corrected chi connectivity index (χ2v) is 5.21. The van der Waals surface area contributed by atoms with Crippen molar-refractivity contribution in [2.45, 2.75) is 20.3 Å². The molecule has 0 bridgehead atoms. The maximum absolute atomic E-state index is 9.17. The third-order valence-corrected chi connectivity index (χ3v) is 4.28. The number of aliphatic hydroxyl groups is 1. The maximum Gasteiger partial charge on any atom is 0.0575 e. The van der Waals surface area contributed by atoms with E-state index in [0.717, 1.165) is 24.9 Å². The van der Waals surface area contributed by atoms with Gasteiger partial charge in [0.05, 0.1) is 19.8 Å². The fourth-order valence-corrected chi connectivity index (χ4v) is 2.65. The molecule has 3 heteroatoms. The molecule has 1 fully saturated rings. The summed E-state index contributed by atoms with van der Waals surface area (Å²) < 4.78 is 5.14. The van der Waals surface area contributed by atoms with E-state index in [4.69, 9.17) is 9.84 Å². The number of hydrogen-bond acceptors (Lipinski definition) is 3. The summed E-state index contributed by atoms with van der Waals surface area (Å²) in [5.74, 6) is 3.05. The van der Waals surface area contributed by atoms with Crippen LogP contribution in [-0.2, 0) is 4.74 Å². The Labute approximate surface area is 85.0 Å². The highest BCUT2D eigenvalue weighted by Gasteiger charge is 2.37. The monoisotopic (exact) mass is 204 g/mol. The van der Waals surface area contributed by atoms with Gasteiger partial charge in [-0.25, -0.2) is 0 Å². The van der Waals surface area contributed by atoms with Gasteiger partial charge in [-0.15, -0.1) is 0 Å². The van der Waals surface area contributed by atoms with Crippen LogP contribution in [0.1, 0.15) is 20.3 Å². The third kappa shape index (κ3) is 3.15. The van der Waals surface area contributed by atoms with E-state index < -0.39 is 0 Å². The Bertz CT molecular complexity index is 140. The summed E-state index contributed by atoms with van der Waals surface area (Å²) in [4.78, 5) is 0. The molecule has 0 radical (unpaired) electrons. The first-order valence-corrected chi connectivity index (χ1v) is 6.14. The van der Waals surface area contributed by atoms with Crippen LogP contribution >= 0.6 is 11.8 Å². The minimum atomic E-state index is 0.0954. The van der Waals surface area contributed by atoms with Gasteiger partial charge < -0.3 is 9.84 Å². The first-order valence-electron chi connectivity index (χ1n) is 4.99. The minimum Gasteiger partial charge on any atom is -0.396 e. The van der Waals surface area contributed by atoms with Gasteiger partial charge in [-0.05, 0) is 11.7 Å². The van der Waals surface area contributed by atoms with Crippen LogP contribution in [0.25, 0.3) is 0 Å². The van der Waals surface area contributed by atoms with Crippen molar-refractivity contribution in [3.63, 3.8) is 0 Å². The van der Waals surface area contributed by atoms with Gasteiger partial charge in [0.15, 0.2) is 0 Å². The van der Waals surface area contributed by atoms with Gasteiger partial charge in [0.25, 0.3) is 0 Å². The number of hydrogen-bond donors (Lipinski definition) is 1. The van der Waals surface area contributed by atoms with Crippen LogP contribution in [0, 0.1) is 11.3 Å². The Morgan fingerprint density at radius 1 is 1.54 bits per heavy atom. The lowest BCUT2D eigenvalue weighted by atomic mass is 9.90. The van der Waals surface area contributed by atoms with Crippen molar-refractivity contribution in [1.29, 1.82) is 0 Å². The van der Waals surface area contributed by atoms with Gasteiger partial charge in [0.2, 0.25) is 0 Å². The van der Waals surface area contributed by atoms with Crippen LogP contribution in [0.4, 0.5) is 0 Å². The third-order valence-electron chi connectivity index (χ3n) is 2.66. The highest BCUT2D eigenvalue weighted by atomic mass is 32.2. The molecule has 0 spiro atoms. The summed E-state index contributed by atoms with van der Waals surface area (Å²) in [6.07, 6.45) is 1.25. The molecular weight excluding hydrogens is 184 g/mol. The highest BCUT2D eigenvalue weighted by molar-refractivity contribution is 7.99. The van der Waals surface area contributed by atoms with Crippen LogP contribution in [0.5, 0.6) is 0 Å². The lowest BCUT2D eigenvalue weighted by Gasteiger charge is -2.39. The molecule has 78 valence electrons. The Hall–Kier alpha value is 0.270. The van der Waals surface area contributed by atoms with Crippen LogP contribution < -0.4 is 0 Å². The zero-order valence-electron chi connectivity index (χ0n) is 8.58. The molecule has 0 aromatic heterocycles. The quantitative estimate of drug-likeness (QED) is 0.715. The lowest BCUT2D eigenvalue weighted by Crippen LogP contribution is -2.47. The summed E-state index contributed by atoms with van der Waals surface area (Å²) >= 11 is 1.95. The summed E-state index contributed by atoms with van der Waals surface area (Å²) in [6, 6.07) is 0. The normalized spacial score (nSPS) is 22.4. The standard InChI is InChI=1S/C10H20O2S/c1-3-9(2)4-13-8-10(5-11)6-12-7-10/h9,11H,3-8H2,1-2H3. The Morgan fingerprint density at radius 3 is 2.62 bits per heavy atom. The molecule has 1 atom stereocenters. The molecule has 0 aliphatic carbocycles. The Morgan fingerprint density at radius 2 is 2.23 bits per heavy atom. The smallest absolute Gasteiger partial charge is 0.0575 e. The second-order valence-electron chi connectivity index (χ2n) is 4.18. The molecular formula is C10H20O2S. The van der Waals surface area contributed by atoms with Crippen LogP contribution in [0.2, 0.25) is 0 Å². The first kappa shape index (κ1) is 11.3. The fraction of sp³-hybridized carbons (Fsp3) is 1.00. The molecule has 1 aliphatic heterocycles. The van der Waals surface area contributed by atoms with E-state index in [0.29, 0.717) is 0 Å². The van der Waals surface area contributed by atoms with Gasteiger partial charge in [0.1, 0.15) is 0 Å². The summed E-state index contributed by atoms with van der Waals surface area (Å²) in [5.41, 5.74) is 0.0954. The average Bonchev–Trinajstić information content (AvgIpc) is 2.09. The number of ether oxygens (including phenoxy) is 1. The zero-order valence-corrected chi connectivity index (χ0v) is 9.40. The van der Waals surface area contributed by atoms with E-state index in [-0.39, 0.29) is 12.0 Å². The number of thioether (sulfide) groups is 1. The molecule has 0 saturated carbocycles. The molecule has 0 aromatic carbocycles. The summed E-state index contributed by atoms with van der Waals surface area (Å²) in [7, 11) is 0. The van der Waals surface area contributed by atoms with E-state index in [1.807, 2.05) is 11.8 Å². The van der Waals surface area contributed by atoms with E-state index in [2.05, 4.69) is 13.8 Å². The maximum atomic E-state index is 9.17. The predicted molar refractivity (Wildman–Crippen MR) is 57.1 cm³/mol. The molecule has 1 unspecified atom stereocenters. The van der Waals surface area contributed by atoms with Crippen molar-refractivity contribution in [2.24, 2.45) is 11.3 Å². The lowest BCUT2D eigenvalue weighted by molar-refractivity contribution is -0.121. The number of rotatable bonds is 6. The molecule has 1 rings (SSSR count). The van der Waals surface area contributed by atoms with E-state index in [9.17, 15) is 0 Å². The van der Waals surface area contributed by atoms with Crippen molar-refractivity contribution in [3.05, 3.63) is 0 Å². The van der Waals surface area contributed by atoms with Gasteiger partial charge in [0, 0.05) is 11.2 Å². The van der Waals surface area contributed by atoms with E-state index in [1.165, 1.54) is 12.2 Å².